The molecule has 65 valence electrons. The topological polar surface area (TPSA) is 12.0 Å². The molecule has 1 nitrogen and oxygen atoms in total. The Hall–Kier alpha value is -0.820. The highest BCUT2D eigenvalue weighted by Gasteiger charge is 1.93. The Labute approximate surface area is 74.8 Å². The van der Waals surface area contributed by atoms with E-state index in [1.807, 2.05) is 6.07 Å². The predicted octanol–water partition coefficient (Wildman–Crippen LogP) is 2.25. The van der Waals surface area contributed by atoms with E-state index in [1.54, 1.807) is 0 Å². The van der Waals surface area contributed by atoms with Gasteiger partial charge in [-0.15, -0.1) is 0 Å². The lowest BCUT2D eigenvalue weighted by Gasteiger charge is -2.06. The van der Waals surface area contributed by atoms with Gasteiger partial charge in [-0.2, -0.15) is 0 Å². The van der Waals surface area contributed by atoms with Gasteiger partial charge in [0, 0.05) is 6.54 Å². The molecule has 0 heterocycles. The van der Waals surface area contributed by atoms with Gasteiger partial charge in [0.2, 0.25) is 0 Å². The van der Waals surface area contributed by atoms with Crippen molar-refractivity contribution in [2.24, 2.45) is 5.92 Å². The molecule has 0 saturated carbocycles. The minimum atomic E-state index is 0.480. The molecule has 1 N–H and O–H groups in total. The standard InChI is InChI=1S/C11H16N/c1-10(2)8-12-9-11-6-4-3-5-7-11/h3-7,10,12H,1,8-9H2,2H3. The number of nitrogens with one attached hydrogen (secondary N) is 1. The number of benzene rings is 1. The van der Waals surface area contributed by atoms with Crippen molar-refractivity contribution in [3.05, 3.63) is 42.8 Å². The van der Waals surface area contributed by atoms with E-state index in [9.17, 15) is 0 Å². The van der Waals surface area contributed by atoms with Gasteiger partial charge < -0.3 is 5.32 Å². The van der Waals surface area contributed by atoms with Gasteiger partial charge in [0.1, 0.15) is 0 Å². The van der Waals surface area contributed by atoms with Crippen LogP contribution in [0.15, 0.2) is 30.3 Å². The van der Waals surface area contributed by atoms with Crippen LogP contribution < -0.4 is 5.32 Å². The molecule has 1 heteroatoms. The normalized spacial score (nSPS) is 10.6. The summed E-state index contributed by atoms with van der Waals surface area (Å²) in [6.45, 7) is 7.94. The van der Waals surface area contributed by atoms with Crippen LogP contribution in [0.5, 0.6) is 0 Å². The summed E-state index contributed by atoms with van der Waals surface area (Å²) in [5.74, 6) is 0.480. The smallest absolute Gasteiger partial charge is 0.0205 e. The highest BCUT2D eigenvalue weighted by Crippen LogP contribution is 1.97. The van der Waals surface area contributed by atoms with Crippen molar-refractivity contribution in [2.75, 3.05) is 6.54 Å². The van der Waals surface area contributed by atoms with Gasteiger partial charge in [-0.25, -0.2) is 0 Å². The molecule has 12 heavy (non-hydrogen) atoms. The SMILES string of the molecule is [CH2]C(C)CNCc1ccccc1. The maximum absolute atomic E-state index is 3.91. The van der Waals surface area contributed by atoms with E-state index < -0.39 is 0 Å². The molecule has 1 rings (SSSR count). The Morgan fingerprint density at radius 1 is 1.33 bits per heavy atom. The summed E-state index contributed by atoms with van der Waals surface area (Å²) >= 11 is 0. The first-order chi connectivity index (χ1) is 5.79. The van der Waals surface area contributed by atoms with Gasteiger partial charge in [0.15, 0.2) is 0 Å². The van der Waals surface area contributed by atoms with E-state index in [1.165, 1.54) is 5.56 Å². The molecule has 0 fully saturated rings. The van der Waals surface area contributed by atoms with Crippen LogP contribution in [0.4, 0.5) is 0 Å². The van der Waals surface area contributed by atoms with Gasteiger partial charge >= 0.3 is 0 Å². The van der Waals surface area contributed by atoms with Gasteiger partial charge in [0.25, 0.3) is 0 Å². The number of rotatable bonds is 4. The van der Waals surface area contributed by atoms with Gasteiger partial charge in [-0.05, 0) is 24.9 Å². The van der Waals surface area contributed by atoms with Crippen LogP contribution in [0, 0.1) is 12.8 Å². The molecule has 0 bridgehead atoms. The van der Waals surface area contributed by atoms with Crippen molar-refractivity contribution in [1.29, 1.82) is 0 Å². The number of hydrogen-bond donors (Lipinski definition) is 1. The molecule has 0 aromatic heterocycles. The number of hydrogen-bond acceptors (Lipinski definition) is 1. The third kappa shape index (κ3) is 3.54. The zero-order valence-electron chi connectivity index (χ0n) is 7.59. The van der Waals surface area contributed by atoms with Crippen LogP contribution in [0.3, 0.4) is 0 Å². The van der Waals surface area contributed by atoms with Gasteiger partial charge in [0.05, 0.1) is 0 Å². The van der Waals surface area contributed by atoms with E-state index in [0.29, 0.717) is 5.92 Å². The van der Waals surface area contributed by atoms with Crippen LogP contribution in [-0.4, -0.2) is 6.54 Å². The van der Waals surface area contributed by atoms with Crippen LogP contribution in [0.25, 0.3) is 0 Å². The molecule has 1 aromatic rings. The third-order valence-corrected chi connectivity index (χ3v) is 1.66. The molecular weight excluding hydrogens is 146 g/mol. The van der Waals surface area contributed by atoms with Crippen LogP contribution >= 0.6 is 0 Å². The molecule has 1 atom stereocenters. The lowest BCUT2D eigenvalue weighted by atomic mass is 10.2. The molecule has 0 saturated heterocycles. The van der Waals surface area contributed by atoms with E-state index in [0.717, 1.165) is 13.1 Å². The first-order valence-corrected chi connectivity index (χ1v) is 4.37. The van der Waals surface area contributed by atoms with Crippen LogP contribution in [0.1, 0.15) is 12.5 Å². The van der Waals surface area contributed by atoms with Crippen LogP contribution in [-0.2, 0) is 6.54 Å². The van der Waals surface area contributed by atoms with Crippen molar-refractivity contribution < 1.29 is 0 Å². The van der Waals surface area contributed by atoms with Crippen LogP contribution in [0.2, 0.25) is 0 Å². The van der Waals surface area contributed by atoms with Crippen molar-refractivity contribution in [2.45, 2.75) is 13.5 Å². The zero-order valence-corrected chi connectivity index (χ0v) is 7.59. The Balaban J connectivity index is 2.25. The first kappa shape index (κ1) is 9.27. The van der Waals surface area contributed by atoms with Crippen molar-refractivity contribution in [3.8, 4) is 0 Å². The summed E-state index contributed by atoms with van der Waals surface area (Å²) in [5.41, 5.74) is 1.33. The van der Waals surface area contributed by atoms with E-state index in [4.69, 9.17) is 0 Å². The minimum Gasteiger partial charge on any atom is -0.312 e. The Kier molecular flexibility index (Phi) is 3.81. The fourth-order valence-electron chi connectivity index (χ4n) is 1.06. The second-order valence-electron chi connectivity index (χ2n) is 3.22. The highest BCUT2D eigenvalue weighted by atomic mass is 14.8. The summed E-state index contributed by atoms with van der Waals surface area (Å²) in [4.78, 5) is 0. The molecule has 0 aliphatic rings. The van der Waals surface area contributed by atoms with E-state index >= 15 is 0 Å². The quantitative estimate of drug-likeness (QED) is 0.716. The lowest BCUT2D eigenvalue weighted by molar-refractivity contribution is 0.591. The minimum absolute atomic E-state index is 0.480. The zero-order chi connectivity index (χ0) is 8.81. The van der Waals surface area contributed by atoms with Gasteiger partial charge in [-0.3, -0.25) is 0 Å². The summed E-state index contributed by atoms with van der Waals surface area (Å²) in [6, 6.07) is 10.4. The molecule has 0 aliphatic carbocycles. The predicted molar refractivity (Wildman–Crippen MR) is 52.7 cm³/mol. The van der Waals surface area contributed by atoms with E-state index in [2.05, 4.69) is 43.4 Å². The maximum atomic E-state index is 3.91. The second kappa shape index (κ2) is 4.94. The first-order valence-electron chi connectivity index (χ1n) is 4.37. The van der Waals surface area contributed by atoms with Gasteiger partial charge in [-0.1, -0.05) is 37.3 Å². The fourth-order valence-corrected chi connectivity index (χ4v) is 1.06. The molecule has 1 unspecified atom stereocenters. The molecule has 0 amide bonds. The maximum Gasteiger partial charge on any atom is 0.0205 e. The van der Waals surface area contributed by atoms with E-state index in [-0.39, 0.29) is 0 Å². The van der Waals surface area contributed by atoms with Crippen molar-refractivity contribution in [3.63, 3.8) is 0 Å². The molecule has 1 radical (unpaired) electrons. The lowest BCUT2D eigenvalue weighted by Crippen LogP contribution is -2.18. The average Bonchev–Trinajstić information content (AvgIpc) is 2.05. The summed E-state index contributed by atoms with van der Waals surface area (Å²) in [7, 11) is 0. The molecular formula is C11H16N. The molecule has 0 aliphatic heterocycles. The summed E-state index contributed by atoms with van der Waals surface area (Å²) < 4.78 is 0. The van der Waals surface area contributed by atoms with Crippen molar-refractivity contribution in [1.82, 2.24) is 5.32 Å². The largest absolute Gasteiger partial charge is 0.312 e. The fraction of sp³-hybridized carbons (Fsp3) is 0.364. The molecule has 0 spiro atoms. The summed E-state index contributed by atoms with van der Waals surface area (Å²) in [6.07, 6.45) is 0. The Morgan fingerprint density at radius 2 is 2.00 bits per heavy atom. The third-order valence-electron chi connectivity index (χ3n) is 1.66. The Morgan fingerprint density at radius 3 is 2.58 bits per heavy atom. The Bertz CT molecular complexity index is 204. The highest BCUT2D eigenvalue weighted by molar-refractivity contribution is 5.14. The second-order valence-corrected chi connectivity index (χ2v) is 3.22. The average molecular weight is 162 g/mol. The van der Waals surface area contributed by atoms with Crippen molar-refractivity contribution >= 4 is 0 Å². The molecule has 1 aromatic carbocycles. The summed E-state index contributed by atoms with van der Waals surface area (Å²) in [5, 5.41) is 3.34. The monoisotopic (exact) mass is 162 g/mol.